The minimum absolute atomic E-state index is 0.0768. The molecular formula is C52H33N5S. The number of hydrogen-bond acceptors (Lipinski definition) is 3. The van der Waals surface area contributed by atoms with Crippen LogP contribution in [0.5, 0.6) is 0 Å². The fourth-order valence-corrected chi connectivity index (χ4v) is 11.4. The molecule has 11 aromatic rings. The van der Waals surface area contributed by atoms with E-state index in [-0.39, 0.29) is 11.8 Å². The summed E-state index contributed by atoms with van der Waals surface area (Å²) in [4.78, 5) is 12.6. The van der Waals surface area contributed by atoms with E-state index >= 15 is 0 Å². The van der Waals surface area contributed by atoms with Crippen LogP contribution < -0.4 is 0 Å². The molecule has 5 nitrogen and oxygen atoms in total. The molecule has 0 fully saturated rings. The molecule has 0 saturated carbocycles. The fraction of sp³-hybridized carbons (Fsp3) is 0.0385. The largest absolute Gasteiger partial charge is 0.309 e. The van der Waals surface area contributed by atoms with Gasteiger partial charge in [-0.15, -0.1) is 0 Å². The van der Waals surface area contributed by atoms with E-state index in [4.69, 9.17) is 9.97 Å². The first-order valence-electron chi connectivity index (χ1n) is 19.8. The van der Waals surface area contributed by atoms with Crippen LogP contribution in [0.1, 0.15) is 23.0 Å². The van der Waals surface area contributed by atoms with Crippen LogP contribution in [0.2, 0.25) is 0 Å². The summed E-state index contributed by atoms with van der Waals surface area (Å²) in [7, 11) is 0. The molecule has 0 saturated heterocycles. The van der Waals surface area contributed by atoms with Gasteiger partial charge in [-0.2, -0.15) is 0 Å². The van der Waals surface area contributed by atoms with Gasteiger partial charge in [0.15, 0.2) is 0 Å². The summed E-state index contributed by atoms with van der Waals surface area (Å²) < 4.78 is 7.21. The molecule has 58 heavy (non-hydrogen) atoms. The SMILES string of the molecule is C1=CC(c2ccc3c4ccccc4n(-c4ccccc4)c3c2)C2C(=C1n1c3ccccc3c3cccnc31)Sc1c2cccc1-n1c2ccccc2c2cccnc21. The van der Waals surface area contributed by atoms with E-state index in [1.165, 1.54) is 59.2 Å². The van der Waals surface area contributed by atoms with E-state index in [0.717, 1.165) is 44.5 Å². The predicted molar refractivity (Wildman–Crippen MR) is 240 cm³/mol. The molecule has 2 atom stereocenters. The lowest BCUT2D eigenvalue weighted by molar-refractivity contribution is 0.717. The number of thioether (sulfide) groups is 1. The Labute approximate surface area is 337 Å². The van der Waals surface area contributed by atoms with Gasteiger partial charge in [-0.25, -0.2) is 9.97 Å². The molecule has 0 radical (unpaired) electrons. The zero-order valence-electron chi connectivity index (χ0n) is 31.2. The van der Waals surface area contributed by atoms with Gasteiger partial charge < -0.3 is 4.57 Å². The van der Waals surface area contributed by atoms with E-state index in [2.05, 4.69) is 178 Å². The summed E-state index contributed by atoms with van der Waals surface area (Å²) in [5, 5.41) is 7.27. The highest BCUT2D eigenvalue weighted by molar-refractivity contribution is 8.03. The van der Waals surface area contributed by atoms with Crippen LogP contribution in [-0.4, -0.2) is 23.7 Å². The number of pyridine rings is 2. The molecule has 272 valence electrons. The molecular weight excluding hydrogens is 727 g/mol. The van der Waals surface area contributed by atoms with Crippen LogP contribution in [0.4, 0.5) is 0 Å². The smallest absolute Gasteiger partial charge is 0.145 e. The zero-order valence-corrected chi connectivity index (χ0v) is 32.0. The second kappa shape index (κ2) is 12.2. The lowest BCUT2D eigenvalue weighted by Crippen LogP contribution is -2.15. The van der Waals surface area contributed by atoms with Crippen LogP contribution in [0, 0.1) is 0 Å². The maximum Gasteiger partial charge on any atom is 0.145 e. The third kappa shape index (κ3) is 4.38. The van der Waals surface area contributed by atoms with Crippen molar-refractivity contribution in [2.45, 2.75) is 16.7 Å². The van der Waals surface area contributed by atoms with E-state index in [1.807, 2.05) is 36.3 Å². The first kappa shape index (κ1) is 32.0. The molecule has 5 aromatic heterocycles. The minimum Gasteiger partial charge on any atom is -0.309 e. The van der Waals surface area contributed by atoms with Crippen molar-refractivity contribution < 1.29 is 0 Å². The highest BCUT2D eigenvalue weighted by Gasteiger charge is 2.41. The van der Waals surface area contributed by atoms with Gasteiger partial charge >= 0.3 is 0 Å². The first-order valence-corrected chi connectivity index (χ1v) is 20.6. The summed E-state index contributed by atoms with van der Waals surface area (Å²) in [6.45, 7) is 0. The number of rotatable bonds is 4. The molecule has 1 aliphatic heterocycles. The molecule has 6 heteroatoms. The number of allylic oxidation sites excluding steroid dienone is 4. The average Bonchev–Trinajstić information content (AvgIpc) is 4.03. The van der Waals surface area contributed by atoms with Gasteiger partial charge in [0, 0.05) is 72.0 Å². The Hall–Kier alpha value is -7.15. The van der Waals surface area contributed by atoms with Crippen molar-refractivity contribution in [3.63, 3.8) is 0 Å². The van der Waals surface area contributed by atoms with E-state index < -0.39 is 0 Å². The van der Waals surface area contributed by atoms with E-state index in [0.29, 0.717) is 0 Å². The fourth-order valence-electron chi connectivity index (χ4n) is 9.96. The molecule has 0 N–H and O–H groups in total. The first-order chi connectivity index (χ1) is 28.8. The number of para-hydroxylation sites is 4. The van der Waals surface area contributed by atoms with E-state index in [1.54, 1.807) is 0 Å². The molecule has 0 bridgehead atoms. The van der Waals surface area contributed by atoms with Crippen molar-refractivity contribution in [3.05, 3.63) is 204 Å². The van der Waals surface area contributed by atoms with Gasteiger partial charge in [-0.05, 0) is 83.9 Å². The Kier molecular flexibility index (Phi) is 6.71. The standard InChI is InChI=1S/C52H33N5S/c1-2-13-33(14-3-1)55-42-21-7-4-15-35(42)38-26-25-32(31-47(38)55)34-27-28-46(57-44-23-9-6-17-37(44)40-20-12-30-54-52(40)57)50-48(34)41-18-10-24-45(49(41)58-50)56-43-22-8-5-16-36(43)39-19-11-29-53-51(39)56/h1-31,34,48H. The number of aromatic nitrogens is 5. The third-order valence-electron chi connectivity index (χ3n) is 12.4. The van der Waals surface area contributed by atoms with Gasteiger partial charge in [0.1, 0.15) is 11.3 Å². The van der Waals surface area contributed by atoms with Crippen LogP contribution in [0.25, 0.3) is 82.8 Å². The molecule has 2 unspecified atom stereocenters. The second-order valence-corrected chi connectivity index (χ2v) is 16.4. The van der Waals surface area contributed by atoms with Crippen molar-refractivity contribution in [3.8, 4) is 11.4 Å². The summed E-state index contributed by atoms with van der Waals surface area (Å²) in [5.41, 5.74) is 12.8. The Morgan fingerprint density at radius 3 is 1.78 bits per heavy atom. The number of hydrogen-bond donors (Lipinski definition) is 0. The third-order valence-corrected chi connectivity index (χ3v) is 13.7. The average molecular weight is 760 g/mol. The maximum absolute atomic E-state index is 5.02. The maximum atomic E-state index is 5.02. The highest BCUT2D eigenvalue weighted by atomic mass is 32.2. The molecule has 6 heterocycles. The second-order valence-electron chi connectivity index (χ2n) is 15.3. The normalized spacial score (nSPS) is 16.4. The quantitative estimate of drug-likeness (QED) is 0.179. The summed E-state index contributed by atoms with van der Waals surface area (Å²) in [6.07, 6.45) is 8.65. The molecule has 6 aromatic carbocycles. The van der Waals surface area contributed by atoms with Crippen LogP contribution in [-0.2, 0) is 0 Å². The van der Waals surface area contributed by atoms with Crippen LogP contribution >= 0.6 is 11.8 Å². The molecule has 1 aliphatic carbocycles. The molecule has 2 aliphatic rings. The van der Waals surface area contributed by atoms with Crippen molar-refractivity contribution in [1.82, 2.24) is 23.7 Å². The molecule has 0 amide bonds. The topological polar surface area (TPSA) is 40.6 Å². The summed E-state index contributed by atoms with van der Waals surface area (Å²) in [5.74, 6) is 0.166. The van der Waals surface area contributed by atoms with Crippen molar-refractivity contribution >= 4 is 83.1 Å². The minimum atomic E-state index is 0.0768. The lowest BCUT2D eigenvalue weighted by Gasteiger charge is -2.29. The van der Waals surface area contributed by atoms with Gasteiger partial charge in [-0.3, -0.25) is 9.13 Å². The molecule has 0 spiro atoms. The monoisotopic (exact) mass is 759 g/mol. The summed E-state index contributed by atoms with van der Waals surface area (Å²) >= 11 is 1.92. The van der Waals surface area contributed by atoms with Crippen LogP contribution in [0.15, 0.2) is 198 Å². The Morgan fingerprint density at radius 2 is 1.05 bits per heavy atom. The van der Waals surface area contributed by atoms with Gasteiger partial charge in [0.2, 0.25) is 0 Å². The van der Waals surface area contributed by atoms with Crippen molar-refractivity contribution in [1.29, 1.82) is 0 Å². The highest BCUT2D eigenvalue weighted by Crippen LogP contribution is 2.60. The molecule has 13 rings (SSSR count). The Bertz CT molecular complexity index is 3460. The lowest BCUT2D eigenvalue weighted by atomic mass is 9.78. The number of fused-ring (bicyclic) bond motifs is 12. The zero-order chi connectivity index (χ0) is 37.9. The Morgan fingerprint density at radius 1 is 0.466 bits per heavy atom. The number of nitrogens with zero attached hydrogens (tertiary/aromatic N) is 5. The van der Waals surface area contributed by atoms with Crippen molar-refractivity contribution in [2.75, 3.05) is 0 Å². The summed E-state index contributed by atoms with van der Waals surface area (Å²) in [6, 6.07) is 59.5. The van der Waals surface area contributed by atoms with E-state index in [9.17, 15) is 0 Å². The van der Waals surface area contributed by atoms with Gasteiger partial charge in [0.05, 0.1) is 33.5 Å². The predicted octanol–water partition coefficient (Wildman–Crippen LogP) is 13.2. The van der Waals surface area contributed by atoms with Crippen LogP contribution in [0.3, 0.4) is 0 Å². The van der Waals surface area contributed by atoms with Gasteiger partial charge in [-0.1, -0.05) is 115 Å². The van der Waals surface area contributed by atoms with Crippen molar-refractivity contribution in [2.24, 2.45) is 0 Å². The Balaban J connectivity index is 1.08. The number of benzene rings is 6. The van der Waals surface area contributed by atoms with Gasteiger partial charge in [0.25, 0.3) is 0 Å².